The van der Waals surface area contributed by atoms with Crippen molar-refractivity contribution < 1.29 is 13.9 Å². The second kappa shape index (κ2) is 9.00. The molecule has 0 aliphatic carbocycles. The maximum atomic E-state index is 14.6. The molecular formula is C22H27FN2O2. The van der Waals surface area contributed by atoms with Gasteiger partial charge in [-0.3, -0.25) is 4.79 Å². The van der Waals surface area contributed by atoms with E-state index in [0.29, 0.717) is 38.2 Å². The summed E-state index contributed by atoms with van der Waals surface area (Å²) in [7, 11) is 0. The number of halogens is 1. The van der Waals surface area contributed by atoms with Gasteiger partial charge in [-0.05, 0) is 43.5 Å². The number of aryl methyl sites for hydroxylation is 1. The third kappa shape index (κ3) is 5.54. The standard InChI is InChI=1S/C22H27FN2O2/c1-16-14-25(15-17(2)27-16)21-10-8-19(12-20(21)23)13-24-22(26)11-9-18-6-4-3-5-7-18/h3-8,10,12,16-17H,9,11,13-15H2,1-2H3,(H,24,26)/t16-,17+. The quantitative estimate of drug-likeness (QED) is 0.843. The summed E-state index contributed by atoms with van der Waals surface area (Å²) < 4.78 is 20.3. The van der Waals surface area contributed by atoms with Crippen molar-refractivity contribution in [1.82, 2.24) is 5.32 Å². The Morgan fingerprint density at radius 3 is 2.48 bits per heavy atom. The van der Waals surface area contributed by atoms with Gasteiger partial charge in [0.05, 0.1) is 17.9 Å². The first-order valence-electron chi connectivity index (χ1n) is 9.50. The first-order chi connectivity index (χ1) is 13.0. The largest absolute Gasteiger partial charge is 0.372 e. The van der Waals surface area contributed by atoms with Gasteiger partial charge >= 0.3 is 0 Å². The van der Waals surface area contributed by atoms with Gasteiger partial charge in [0.2, 0.25) is 5.91 Å². The van der Waals surface area contributed by atoms with Crippen LogP contribution in [-0.2, 0) is 22.5 Å². The molecule has 0 aromatic heterocycles. The highest BCUT2D eigenvalue weighted by Crippen LogP contribution is 2.24. The third-order valence-corrected chi connectivity index (χ3v) is 4.75. The Kier molecular flexibility index (Phi) is 6.45. The Morgan fingerprint density at radius 1 is 1.11 bits per heavy atom. The lowest BCUT2D eigenvalue weighted by Crippen LogP contribution is -2.45. The molecule has 144 valence electrons. The van der Waals surface area contributed by atoms with Crippen LogP contribution >= 0.6 is 0 Å². The molecule has 1 saturated heterocycles. The first-order valence-corrected chi connectivity index (χ1v) is 9.50. The van der Waals surface area contributed by atoms with E-state index in [2.05, 4.69) is 5.32 Å². The average molecular weight is 370 g/mol. The number of carbonyl (C=O) groups is 1. The second-order valence-corrected chi connectivity index (χ2v) is 7.21. The summed E-state index contributed by atoms with van der Waals surface area (Å²) in [4.78, 5) is 14.1. The topological polar surface area (TPSA) is 41.6 Å². The smallest absolute Gasteiger partial charge is 0.220 e. The van der Waals surface area contributed by atoms with Crippen molar-refractivity contribution in [2.45, 2.75) is 45.4 Å². The Balaban J connectivity index is 1.52. The molecule has 1 aliphatic heterocycles. The molecule has 1 aliphatic rings. The van der Waals surface area contributed by atoms with Crippen molar-refractivity contribution >= 4 is 11.6 Å². The molecule has 1 amide bonds. The monoisotopic (exact) mass is 370 g/mol. The van der Waals surface area contributed by atoms with Crippen LogP contribution in [0.1, 0.15) is 31.4 Å². The predicted molar refractivity (Wildman–Crippen MR) is 105 cm³/mol. The Bertz CT molecular complexity index is 756. The van der Waals surface area contributed by atoms with Gasteiger partial charge in [-0.2, -0.15) is 0 Å². The van der Waals surface area contributed by atoms with E-state index in [9.17, 15) is 9.18 Å². The van der Waals surface area contributed by atoms with E-state index in [1.165, 1.54) is 6.07 Å². The van der Waals surface area contributed by atoms with Gasteiger partial charge in [0, 0.05) is 26.1 Å². The van der Waals surface area contributed by atoms with Gasteiger partial charge in [0.15, 0.2) is 0 Å². The van der Waals surface area contributed by atoms with E-state index >= 15 is 0 Å². The maximum absolute atomic E-state index is 14.6. The van der Waals surface area contributed by atoms with Crippen LogP contribution in [0.3, 0.4) is 0 Å². The normalized spacial score (nSPS) is 19.7. The van der Waals surface area contributed by atoms with Crippen LogP contribution in [0.2, 0.25) is 0 Å². The highest BCUT2D eigenvalue weighted by Gasteiger charge is 2.24. The fourth-order valence-electron chi connectivity index (χ4n) is 3.48. The number of ether oxygens (including phenoxy) is 1. The van der Waals surface area contributed by atoms with Crippen molar-refractivity contribution in [2.75, 3.05) is 18.0 Å². The molecule has 4 nitrogen and oxygen atoms in total. The van der Waals surface area contributed by atoms with E-state index in [0.717, 1.165) is 11.1 Å². The van der Waals surface area contributed by atoms with Crippen LogP contribution in [0.5, 0.6) is 0 Å². The third-order valence-electron chi connectivity index (χ3n) is 4.75. The summed E-state index contributed by atoms with van der Waals surface area (Å²) in [5, 5.41) is 2.87. The molecule has 1 heterocycles. The predicted octanol–water partition coefficient (Wildman–Crippen LogP) is 3.69. The number of hydrogen-bond acceptors (Lipinski definition) is 3. The molecule has 2 atom stereocenters. The molecule has 2 aromatic carbocycles. The Labute approximate surface area is 160 Å². The van der Waals surface area contributed by atoms with Crippen LogP contribution in [0.25, 0.3) is 0 Å². The van der Waals surface area contributed by atoms with E-state index in [-0.39, 0.29) is 23.9 Å². The number of rotatable bonds is 6. The van der Waals surface area contributed by atoms with Crippen LogP contribution in [0.4, 0.5) is 10.1 Å². The van der Waals surface area contributed by atoms with Gasteiger partial charge in [-0.15, -0.1) is 0 Å². The maximum Gasteiger partial charge on any atom is 0.220 e. The molecule has 27 heavy (non-hydrogen) atoms. The number of anilines is 1. The number of hydrogen-bond donors (Lipinski definition) is 1. The summed E-state index contributed by atoms with van der Waals surface area (Å²) in [5.74, 6) is -0.286. The van der Waals surface area contributed by atoms with Crippen molar-refractivity contribution in [1.29, 1.82) is 0 Å². The first kappa shape index (κ1) is 19.4. The van der Waals surface area contributed by atoms with Crippen molar-refractivity contribution in [2.24, 2.45) is 0 Å². The fourth-order valence-corrected chi connectivity index (χ4v) is 3.48. The molecule has 0 spiro atoms. The minimum atomic E-state index is -0.257. The van der Waals surface area contributed by atoms with Crippen molar-refractivity contribution in [3.63, 3.8) is 0 Å². The van der Waals surface area contributed by atoms with Gasteiger partial charge < -0.3 is 15.0 Å². The number of carbonyl (C=O) groups excluding carboxylic acids is 1. The fraction of sp³-hybridized carbons (Fsp3) is 0.409. The summed E-state index contributed by atoms with van der Waals surface area (Å²) in [6.45, 7) is 5.69. The van der Waals surface area contributed by atoms with Crippen molar-refractivity contribution in [3.05, 3.63) is 65.5 Å². The van der Waals surface area contributed by atoms with E-state index in [1.807, 2.05) is 55.1 Å². The Hall–Kier alpha value is -2.40. The van der Waals surface area contributed by atoms with E-state index in [4.69, 9.17) is 4.74 Å². The van der Waals surface area contributed by atoms with Gasteiger partial charge in [0.25, 0.3) is 0 Å². The Morgan fingerprint density at radius 2 is 1.81 bits per heavy atom. The highest BCUT2D eigenvalue weighted by atomic mass is 19.1. The lowest BCUT2D eigenvalue weighted by molar-refractivity contribution is -0.121. The minimum absolute atomic E-state index is 0.0285. The number of morpholine rings is 1. The minimum Gasteiger partial charge on any atom is -0.372 e. The van der Waals surface area contributed by atoms with E-state index < -0.39 is 0 Å². The van der Waals surface area contributed by atoms with Gasteiger partial charge in [-0.1, -0.05) is 36.4 Å². The molecule has 0 bridgehead atoms. The zero-order valence-electron chi connectivity index (χ0n) is 16.0. The number of nitrogens with one attached hydrogen (secondary N) is 1. The molecular weight excluding hydrogens is 343 g/mol. The molecule has 1 N–H and O–H groups in total. The summed E-state index contributed by atoms with van der Waals surface area (Å²) in [6, 6.07) is 15.1. The molecule has 3 rings (SSSR count). The van der Waals surface area contributed by atoms with Crippen LogP contribution in [0.15, 0.2) is 48.5 Å². The molecule has 1 fully saturated rings. The van der Waals surface area contributed by atoms with Gasteiger partial charge in [0.1, 0.15) is 5.82 Å². The number of nitrogens with zero attached hydrogens (tertiary/aromatic N) is 1. The summed E-state index contributed by atoms with van der Waals surface area (Å²) >= 11 is 0. The zero-order chi connectivity index (χ0) is 19.2. The number of benzene rings is 2. The number of amides is 1. The van der Waals surface area contributed by atoms with Crippen molar-refractivity contribution in [3.8, 4) is 0 Å². The second-order valence-electron chi connectivity index (χ2n) is 7.21. The lowest BCUT2D eigenvalue weighted by Gasteiger charge is -2.37. The average Bonchev–Trinajstić information content (AvgIpc) is 2.65. The van der Waals surface area contributed by atoms with Crippen LogP contribution in [0, 0.1) is 5.82 Å². The molecule has 0 unspecified atom stereocenters. The molecule has 5 heteroatoms. The molecule has 2 aromatic rings. The van der Waals surface area contributed by atoms with Crippen LogP contribution in [-0.4, -0.2) is 31.2 Å². The zero-order valence-corrected chi connectivity index (χ0v) is 16.0. The summed E-state index contributed by atoms with van der Waals surface area (Å²) in [6.07, 6.45) is 1.29. The van der Waals surface area contributed by atoms with E-state index in [1.54, 1.807) is 6.07 Å². The van der Waals surface area contributed by atoms with Gasteiger partial charge in [-0.25, -0.2) is 4.39 Å². The highest BCUT2D eigenvalue weighted by molar-refractivity contribution is 5.76. The summed E-state index contributed by atoms with van der Waals surface area (Å²) in [5.41, 5.74) is 2.49. The molecule has 0 radical (unpaired) electrons. The SMILES string of the molecule is C[C@@H]1CN(c2ccc(CNC(=O)CCc3ccccc3)cc2F)C[C@H](C)O1. The lowest BCUT2D eigenvalue weighted by atomic mass is 10.1. The van der Waals surface area contributed by atoms with Crippen LogP contribution < -0.4 is 10.2 Å². The molecule has 0 saturated carbocycles.